The SMILES string of the molecule is COCCOCCOc1ccccc1C(=O)N[C@@H](CC1CCCCC1)[C@@H](O)[C@H](O)[C@H](C(=O)NC1c2ccccc2CC1O)C(C)C. The minimum atomic E-state index is -1.46. The van der Waals surface area contributed by atoms with E-state index in [4.69, 9.17) is 14.2 Å². The van der Waals surface area contributed by atoms with Gasteiger partial charge in [0.2, 0.25) is 5.91 Å². The maximum absolute atomic E-state index is 13.7. The first-order valence-electron chi connectivity index (χ1n) is 16.7. The van der Waals surface area contributed by atoms with Gasteiger partial charge in [-0.3, -0.25) is 9.59 Å². The fourth-order valence-corrected chi connectivity index (χ4v) is 6.85. The van der Waals surface area contributed by atoms with Gasteiger partial charge in [0.25, 0.3) is 5.91 Å². The summed E-state index contributed by atoms with van der Waals surface area (Å²) < 4.78 is 16.3. The smallest absolute Gasteiger partial charge is 0.255 e. The first kappa shape index (κ1) is 35.8. The third-order valence-electron chi connectivity index (χ3n) is 9.33. The summed E-state index contributed by atoms with van der Waals surface area (Å²) in [7, 11) is 1.60. The molecule has 2 amide bonds. The Kier molecular flexibility index (Phi) is 13.8. The Balaban J connectivity index is 1.49. The van der Waals surface area contributed by atoms with Crippen molar-refractivity contribution in [2.75, 3.05) is 33.5 Å². The fourth-order valence-electron chi connectivity index (χ4n) is 6.85. The zero-order valence-electron chi connectivity index (χ0n) is 27.4. The molecule has 6 atom stereocenters. The van der Waals surface area contributed by atoms with Gasteiger partial charge >= 0.3 is 0 Å². The molecule has 1 saturated carbocycles. The lowest BCUT2D eigenvalue weighted by molar-refractivity contribution is -0.137. The van der Waals surface area contributed by atoms with Gasteiger partial charge in [-0.2, -0.15) is 0 Å². The van der Waals surface area contributed by atoms with Crippen molar-refractivity contribution in [1.29, 1.82) is 0 Å². The summed E-state index contributed by atoms with van der Waals surface area (Å²) in [6.07, 6.45) is 2.52. The molecule has 5 N–H and O–H groups in total. The van der Waals surface area contributed by atoms with Crippen molar-refractivity contribution in [3.05, 3.63) is 65.2 Å². The van der Waals surface area contributed by atoms with Crippen molar-refractivity contribution in [3.8, 4) is 5.75 Å². The summed E-state index contributed by atoms with van der Waals surface area (Å²) in [6, 6.07) is 13.1. The van der Waals surface area contributed by atoms with Crippen LogP contribution >= 0.6 is 0 Å². The molecule has 4 rings (SSSR count). The molecule has 10 heteroatoms. The van der Waals surface area contributed by atoms with Crippen LogP contribution in [0.2, 0.25) is 0 Å². The number of nitrogens with one attached hydrogen (secondary N) is 2. The number of para-hydroxylation sites is 1. The van der Waals surface area contributed by atoms with Gasteiger partial charge in [-0.1, -0.05) is 82.3 Å². The topological polar surface area (TPSA) is 147 Å². The third kappa shape index (κ3) is 9.51. The van der Waals surface area contributed by atoms with E-state index < -0.39 is 48.1 Å². The number of aliphatic hydroxyl groups excluding tert-OH is 3. The summed E-state index contributed by atoms with van der Waals surface area (Å²) in [5.41, 5.74) is 2.13. The maximum Gasteiger partial charge on any atom is 0.255 e. The molecule has 2 aliphatic rings. The molecule has 1 fully saturated rings. The Hall–Kier alpha value is -3.02. The van der Waals surface area contributed by atoms with Gasteiger partial charge in [0.05, 0.1) is 55.6 Å². The van der Waals surface area contributed by atoms with Crippen molar-refractivity contribution in [2.45, 2.75) is 89.2 Å². The van der Waals surface area contributed by atoms with Crippen molar-refractivity contribution >= 4 is 11.8 Å². The Morgan fingerprint density at radius 3 is 2.35 bits per heavy atom. The van der Waals surface area contributed by atoms with Gasteiger partial charge in [-0.15, -0.1) is 0 Å². The highest BCUT2D eigenvalue weighted by Gasteiger charge is 2.41. The second-order valence-electron chi connectivity index (χ2n) is 13.0. The molecular weight excluding hydrogens is 588 g/mol. The largest absolute Gasteiger partial charge is 0.490 e. The number of hydrogen-bond donors (Lipinski definition) is 5. The lowest BCUT2D eigenvalue weighted by atomic mass is 9.79. The predicted molar refractivity (Wildman–Crippen MR) is 174 cm³/mol. The Labute approximate surface area is 272 Å². The van der Waals surface area contributed by atoms with Crippen LogP contribution in [0.1, 0.15) is 79.9 Å². The Morgan fingerprint density at radius 2 is 1.61 bits per heavy atom. The zero-order chi connectivity index (χ0) is 33.1. The number of fused-ring (bicyclic) bond motifs is 1. The van der Waals surface area contributed by atoms with Crippen LogP contribution < -0.4 is 15.4 Å². The van der Waals surface area contributed by atoms with Crippen LogP contribution in [0, 0.1) is 17.8 Å². The normalized spacial score (nSPS) is 20.8. The lowest BCUT2D eigenvalue weighted by Crippen LogP contribution is -2.55. The van der Waals surface area contributed by atoms with Crippen molar-refractivity contribution in [2.24, 2.45) is 17.8 Å². The molecule has 2 aliphatic carbocycles. The molecule has 0 aliphatic heterocycles. The highest BCUT2D eigenvalue weighted by molar-refractivity contribution is 5.97. The molecule has 0 heterocycles. The van der Waals surface area contributed by atoms with Gasteiger partial charge in [0, 0.05) is 13.5 Å². The van der Waals surface area contributed by atoms with Crippen LogP contribution in [0.3, 0.4) is 0 Å². The molecule has 0 radical (unpaired) electrons. The number of carbonyl (C=O) groups excluding carboxylic acids is 2. The van der Waals surface area contributed by atoms with Crippen LogP contribution in [-0.2, 0) is 20.7 Å². The Morgan fingerprint density at radius 1 is 0.913 bits per heavy atom. The zero-order valence-corrected chi connectivity index (χ0v) is 27.4. The number of rotatable bonds is 17. The number of amides is 2. The quantitative estimate of drug-likeness (QED) is 0.165. The van der Waals surface area contributed by atoms with Crippen LogP contribution in [0.4, 0.5) is 0 Å². The maximum atomic E-state index is 13.7. The highest BCUT2D eigenvalue weighted by Crippen LogP contribution is 2.33. The summed E-state index contributed by atoms with van der Waals surface area (Å²) in [5, 5.41) is 40.0. The lowest BCUT2D eigenvalue weighted by Gasteiger charge is -2.36. The number of ether oxygens (including phenoxy) is 3. The van der Waals surface area contributed by atoms with Gasteiger partial charge in [0.1, 0.15) is 18.5 Å². The summed E-state index contributed by atoms with van der Waals surface area (Å²) in [5.74, 6) is -1.53. The molecular formula is C36H52N2O8. The molecule has 10 nitrogen and oxygen atoms in total. The monoisotopic (exact) mass is 640 g/mol. The van der Waals surface area contributed by atoms with E-state index in [0.29, 0.717) is 44.0 Å². The molecule has 2 aromatic carbocycles. The molecule has 0 saturated heterocycles. The average molecular weight is 641 g/mol. The summed E-state index contributed by atoms with van der Waals surface area (Å²) in [4.78, 5) is 27.4. The third-order valence-corrected chi connectivity index (χ3v) is 9.33. The molecule has 0 aromatic heterocycles. The van der Waals surface area contributed by atoms with Crippen LogP contribution in [0.15, 0.2) is 48.5 Å². The second kappa shape index (κ2) is 17.8. The van der Waals surface area contributed by atoms with Gasteiger partial charge in [-0.25, -0.2) is 0 Å². The number of carbonyl (C=O) groups is 2. The van der Waals surface area contributed by atoms with E-state index >= 15 is 0 Å². The molecule has 46 heavy (non-hydrogen) atoms. The number of aliphatic hydroxyl groups is 3. The van der Waals surface area contributed by atoms with E-state index in [1.807, 2.05) is 38.1 Å². The first-order valence-corrected chi connectivity index (χ1v) is 16.7. The standard InChI is InChI=1S/C36H52N2O8/c1-23(2)31(36(43)38-32-26-14-8-7-13-25(26)22-29(32)39)34(41)33(40)28(21-24-11-5-4-6-12-24)37-35(42)27-15-9-10-16-30(27)46-20-19-45-18-17-44-3/h7-10,13-16,23-24,28-29,31-34,39-41H,4-6,11-12,17-22H2,1-3H3,(H,37,42)(H,38,43)/t28-,29?,31+,32?,33+,34+/m0/s1. The number of hydrogen-bond acceptors (Lipinski definition) is 8. The minimum Gasteiger partial charge on any atom is -0.490 e. The van der Waals surface area contributed by atoms with Gasteiger partial charge < -0.3 is 40.2 Å². The second-order valence-corrected chi connectivity index (χ2v) is 13.0. The van der Waals surface area contributed by atoms with E-state index in [9.17, 15) is 24.9 Å². The minimum absolute atomic E-state index is 0.242. The summed E-state index contributed by atoms with van der Waals surface area (Å²) >= 11 is 0. The number of methoxy groups -OCH3 is 1. The van der Waals surface area contributed by atoms with Gasteiger partial charge in [-0.05, 0) is 41.5 Å². The van der Waals surface area contributed by atoms with Gasteiger partial charge in [0.15, 0.2) is 0 Å². The van der Waals surface area contributed by atoms with Crippen molar-refractivity contribution < 1.29 is 39.1 Å². The Bertz CT molecular complexity index is 1250. The summed E-state index contributed by atoms with van der Waals surface area (Å²) in [6.45, 7) is 5.13. The van der Waals surface area contributed by atoms with Crippen LogP contribution in [0.25, 0.3) is 0 Å². The first-order chi connectivity index (χ1) is 22.2. The van der Waals surface area contributed by atoms with Crippen molar-refractivity contribution in [3.63, 3.8) is 0 Å². The number of benzene rings is 2. The van der Waals surface area contributed by atoms with E-state index in [-0.39, 0.29) is 18.4 Å². The molecule has 0 bridgehead atoms. The van der Waals surface area contributed by atoms with E-state index in [1.165, 1.54) is 0 Å². The van der Waals surface area contributed by atoms with Crippen LogP contribution in [0.5, 0.6) is 5.75 Å². The fraction of sp³-hybridized carbons (Fsp3) is 0.611. The van der Waals surface area contributed by atoms with E-state index in [1.54, 1.807) is 31.4 Å². The molecule has 2 aromatic rings. The van der Waals surface area contributed by atoms with Crippen LogP contribution in [-0.4, -0.2) is 85.0 Å². The van der Waals surface area contributed by atoms with Crippen molar-refractivity contribution in [1.82, 2.24) is 10.6 Å². The predicted octanol–water partition coefficient (Wildman–Crippen LogP) is 3.57. The molecule has 2 unspecified atom stereocenters. The average Bonchev–Trinajstić information content (AvgIpc) is 3.36. The van der Waals surface area contributed by atoms with E-state index in [2.05, 4.69) is 10.6 Å². The molecule has 254 valence electrons. The highest BCUT2D eigenvalue weighted by atomic mass is 16.5. The van der Waals surface area contributed by atoms with E-state index in [0.717, 1.165) is 43.2 Å². The molecule has 0 spiro atoms.